The molecule has 24 heavy (non-hydrogen) atoms. The summed E-state index contributed by atoms with van der Waals surface area (Å²) in [6.07, 6.45) is 1.66. The molecule has 138 valence electrons. The molecule has 2 heterocycles. The second-order valence-corrected chi connectivity index (χ2v) is 6.10. The minimum atomic E-state index is -0.797. The van der Waals surface area contributed by atoms with Crippen LogP contribution in [0.15, 0.2) is 4.99 Å². The molecule has 3 N–H and O–H groups in total. The third-order valence-corrected chi connectivity index (χ3v) is 4.57. The number of nitrogens with one attached hydrogen (secondary N) is 3. The van der Waals surface area contributed by atoms with E-state index in [1.54, 1.807) is 7.11 Å². The SMILES string of the molecule is CCNC(=NCCOC)N1CCC(C2(C)NC(=O)NC2=O)CC1.I. The van der Waals surface area contributed by atoms with E-state index in [2.05, 4.69) is 25.8 Å². The number of piperidine rings is 1. The first kappa shape index (κ1) is 20.9. The number of rotatable bonds is 5. The van der Waals surface area contributed by atoms with Gasteiger partial charge in [0.15, 0.2) is 5.96 Å². The standard InChI is InChI=1S/C15H27N5O3.HI/c1-4-16-13(17-7-10-23-3)20-8-5-11(6-9-20)15(2)12(21)18-14(22)19-15;/h11H,4-10H2,1-3H3,(H,16,17)(H2,18,19,21,22);1H. The average Bonchev–Trinajstić information content (AvgIpc) is 2.80. The number of ether oxygens (including phenoxy) is 1. The molecule has 2 rings (SSSR count). The quantitative estimate of drug-likeness (QED) is 0.186. The van der Waals surface area contributed by atoms with E-state index < -0.39 is 11.6 Å². The maximum atomic E-state index is 12.0. The number of aliphatic imine (C=N–C) groups is 1. The minimum Gasteiger partial charge on any atom is -0.383 e. The number of likely N-dealkylation sites (tertiary alicyclic amines) is 1. The summed E-state index contributed by atoms with van der Waals surface area (Å²) in [4.78, 5) is 30.2. The summed E-state index contributed by atoms with van der Waals surface area (Å²) >= 11 is 0. The molecule has 0 aromatic rings. The lowest BCUT2D eigenvalue weighted by atomic mass is 9.79. The molecular formula is C15H28IN5O3. The van der Waals surface area contributed by atoms with E-state index in [0.717, 1.165) is 38.4 Å². The summed E-state index contributed by atoms with van der Waals surface area (Å²) in [6, 6.07) is -0.394. The van der Waals surface area contributed by atoms with Gasteiger partial charge < -0.3 is 20.3 Å². The van der Waals surface area contributed by atoms with Gasteiger partial charge in [-0.25, -0.2) is 4.79 Å². The molecule has 3 amide bonds. The molecule has 2 aliphatic heterocycles. The normalized spacial score (nSPS) is 25.1. The van der Waals surface area contributed by atoms with Gasteiger partial charge >= 0.3 is 6.03 Å². The molecule has 0 bridgehead atoms. The molecule has 1 atom stereocenters. The third kappa shape index (κ3) is 4.71. The highest BCUT2D eigenvalue weighted by atomic mass is 127. The predicted molar refractivity (Wildman–Crippen MR) is 103 cm³/mol. The van der Waals surface area contributed by atoms with Crippen molar-refractivity contribution in [1.82, 2.24) is 20.9 Å². The van der Waals surface area contributed by atoms with Gasteiger partial charge in [-0.05, 0) is 32.6 Å². The number of carbonyl (C=O) groups excluding carboxylic acids is 2. The van der Waals surface area contributed by atoms with Crippen LogP contribution in [0.5, 0.6) is 0 Å². The van der Waals surface area contributed by atoms with Crippen LogP contribution in [0.2, 0.25) is 0 Å². The molecule has 0 spiro atoms. The number of amides is 3. The molecule has 0 radical (unpaired) electrons. The number of halogens is 1. The Balaban J connectivity index is 0.00000288. The maximum Gasteiger partial charge on any atom is 0.322 e. The van der Waals surface area contributed by atoms with Gasteiger partial charge in [-0.1, -0.05) is 0 Å². The van der Waals surface area contributed by atoms with Crippen molar-refractivity contribution in [3.63, 3.8) is 0 Å². The Labute approximate surface area is 160 Å². The zero-order valence-corrected chi connectivity index (χ0v) is 16.9. The van der Waals surface area contributed by atoms with Crippen LogP contribution in [0, 0.1) is 5.92 Å². The van der Waals surface area contributed by atoms with E-state index in [1.165, 1.54) is 0 Å². The lowest BCUT2D eigenvalue weighted by Gasteiger charge is -2.39. The molecule has 2 fully saturated rings. The van der Waals surface area contributed by atoms with Crippen LogP contribution >= 0.6 is 24.0 Å². The topological polar surface area (TPSA) is 95.1 Å². The number of hydrogen-bond acceptors (Lipinski definition) is 4. The zero-order valence-electron chi connectivity index (χ0n) is 14.6. The van der Waals surface area contributed by atoms with Gasteiger partial charge in [-0.3, -0.25) is 15.1 Å². The summed E-state index contributed by atoms with van der Waals surface area (Å²) < 4.78 is 5.04. The largest absolute Gasteiger partial charge is 0.383 e. The summed E-state index contributed by atoms with van der Waals surface area (Å²) in [5, 5.41) is 8.41. The molecule has 0 aromatic carbocycles. The first-order chi connectivity index (χ1) is 11.0. The van der Waals surface area contributed by atoms with Crippen LogP contribution < -0.4 is 16.0 Å². The van der Waals surface area contributed by atoms with E-state index >= 15 is 0 Å². The maximum absolute atomic E-state index is 12.0. The fraction of sp³-hybridized carbons (Fsp3) is 0.800. The van der Waals surface area contributed by atoms with Gasteiger partial charge in [0.1, 0.15) is 5.54 Å². The fourth-order valence-electron chi connectivity index (χ4n) is 3.18. The number of methoxy groups -OCH3 is 1. The van der Waals surface area contributed by atoms with Crippen LogP contribution in [-0.2, 0) is 9.53 Å². The summed E-state index contributed by atoms with van der Waals surface area (Å²) in [6.45, 7) is 7.49. The van der Waals surface area contributed by atoms with E-state index in [9.17, 15) is 9.59 Å². The molecule has 2 saturated heterocycles. The minimum absolute atomic E-state index is 0. The van der Waals surface area contributed by atoms with E-state index in [0.29, 0.717) is 13.2 Å². The first-order valence-corrected chi connectivity index (χ1v) is 8.17. The Morgan fingerprint density at radius 1 is 1.42 bits per heavy atom. The number of imide groups is 1. The summed E-state index contributed by atoms with van der Waals surface area (Å²) in [7, 11) is 1.66. The molecular weight excluding hydrogens is 425 g/mol. The van der Waals surface area contributed by atoms with Gasteiger partial charge in [0.2, 0.25) is 0 Å². The lowest BCUT2D eigenvalue weighted by Crippen LogP contribution is -2.55. The fourth-order valence-corrected chi connectivity index (χ4v) is 3.18. The number of carbonyl (C=O) groups is 2. The average molecular weight is 453 g/mol. The van der Waals surface area contributed by atoms with Crippen molar-refractivity contribution in [3.05, 3.63) is 0 Å². The Kier molecular flexibility index (Phi) is 8.20. The number of guanidine groups is 1. The van der Waals surface area contributed by atoms with Crippen LogP contribution in [-0.4, -0.2) is 68.2 Å². The Morgan fingerprint density at radius 2 is 2.08 bits per heavy atom. The van der Waals surface area contributed by atoms with Gasteiger partial charge in [-0.15, -0.1) is 24.0 Å². The predicted octanol–water partition coefficient (Wildman–Crippen LogP) is 0.526. The Morgan fingerprint density at radius 3 is 2.58 bits per heavy atom. The smallest absolute Gasteiger partial charge is 0.322 e. The monoisotopic (exact) mass is 453 g/mol. The second kappa shape index (κ2) is 9.40. The number of hydrogen-bond donors (Lipinski definition) is 3. The van der Waals surface area contributed by atoms with Gasteiger partial charge in [0, 0.05) is 26.7 Å². The summed E-state index contributed by atoms with van der Waals surface area (Å²) in [5.74, 6) is 0.793. The van der Waals surface area contributed by atoms with Crippen LogP contribution in [0.25, 0.3) is 0 Å². The highest BCUT2D eigenvalue weighted by molar-refractivity contribution is 14.0. The Hall–Kier alpha value is -1.10. The highest BCUT2D eigenvalue weighted by Gasteiger charge is 2.48. The van der Waals surface area contributed by atoms with Gasteiger partial charge in [0.25, 0.3) is 5.91 Å². The zero-order chi connectivity index (χ0) is 16.9. The number of nitrogens with zero attached hydrogens (tertiary/aromatic N) is 2. The molecule has 2 aliphatic rings. The first-order valence-electron chi connectivity index (χ1n) is 8.17. The van der Waals surface area contributed by atoms with Crippen molar-refractivity contribution in [2.75, 3.05) is 39.9 Å². The molecule has 0 aromatic heterocycles. The molecule has 8 nitrogen and oxygen atoms in total. The van der Waals surface area contributed by atoms with Crippen molar-refractivity contribution >= 4 is 41.9 Å². The molecule has 9 heteroatoms. The number of urea groups is 1. The second-order valence-electron chi connectivity index (χ2n) is 6.10. The van der Waals surface area contributed by atoms with Crippen molar-refractivity contribution in [2.45, 2.75) is 32.2 Å². The van der Waals surface area contributed by atoms with Crippen LogP contribution in [0.4, 0.5) is 4.79 Å². The van der Waals surface area contributed by atoms with E-state index in [-0.39, 0.29) is 35.8 Å². The molecule has 0 saturated carbocycles. The van der Waals surface area contributed by atoms with Gasteiger partial charge in [-0.2, -0.15) is 0 Å². The van der Waals surface area contributed by atoms with Crippen LogP contribution in [0.1, 0.15) is 26.7 Å². The lowest BCUT2D eigenvalue weighted by molar-refractivity contribution is -0.125. The van der Waals surface area contributed by atoms with Gasteiger partial charge in [0.05, 0.1) is 13.2 Å². The van der Waals surface area contributed by atoms with Crippen molar-refractivity contribution in [2.24, 2.45) is 10.9 Å². The van der Waals surface area contributed by atoms with Crippen molar-refractivity contribution in [1.29, 1.82) is 0 Å². The third-order valence-electron chi connectivity index (χ3n) is 4.57. The highest BCUT2D eigenvalue weighted by Crippen LogP contribution is 2.30. The van der Waals surface area contributed by atoms with Crippen LogP contribution in [0.3, 0.4) is 0 Å². The summed E-state index contributed by atoms with van der Waals surface area (Å²) in [5.41, 5.74) is -0.797. The molecule has 0 aliphatic carbocycles. The molecule has 1 unspecified atom stereocenters. The van der Waals surface area contributed by atoms with E-state index in [4.69, 9.17) is 4.74 Å². The van der Waals surface area contributed by atoms with Crippen molar-refractivity contribution < 1.29 is 14.3 Å². The van der Waals surface area contributed by atoms with Crippen molar-refractivity contribution in [3.8, 4) is 0 Å². The van der Waals surface area contributed by atoms with E-state index in [1.807, 2.05) is 13.8 Å². The Bertz CT molecular complexity index is 480.